The summed E-state index contributed by atoms with van der Waals surface area (Å²) in [6.45, 7) is 4.75. The van der Waals surface area contributed by atoms with Gasteiger partial charge in [0.1, 0.15) is 0 Å². The van der Waals surface area contributed by atoms with Gasteiger partial charge in [0.25, 0.3) is 0 Å². The van der Waals surface area contributed by atoms with E-state index in [4.69, 9.17) is 0 Å². The van der Waals surface area contributed by atoms with Gasteiger partial charge in [-0.1, -0.05) is 26.2 Å². The molecule has 2 aliphatic rings. The van der Waals surface area contributed by atoms with Gasteiger partial charge in [0.15, 0.2) is 0 Å². The third-order valence-electron chi connectivity index (χ3n) is 4.30. The first-order chi connectivity index (χ1) is 6.77. The highest BCUT2D eigenvalue weighted by Gasteiger charge is 2.39. The molecule has 2 heteroatoms. The van der Waals surface area contributed by atoms with Crippen LogP contribution in [0.3, 0.4) is 0 Å². The van der Waals surface area contributed by atoms with E-state index in [-0.39, 0.29) is 0 Å². The van der Waals surface area contributed by atoms with E-state index in [0.717, 1.165) is 6.04 Å². The minimum absolute atomic E-state index is 0.518. The first kappa shape index (κ1) is 10.4. The van der Waals surface area contributed by atoms with Crippen molar-refractivity contribution in [1.29, 1.82) is 0 Å². The van der Waals surface area contributed by atoms with Gasteiger partial charge in [0, 0.05) is 24.7 Å². The normalized spacial score (nSPS) is 33.4. The maximum atomic E-state index is 3.72. The number of likely N-dealkylation sites (N-methyl/N-ethyl adjacent to an activating group) is 1. The lowest BCUT2D eigenvalue weighted by molar-refractivity contribution is 0.0313. The van der Waals surface area contributed by atoms with Gasteiger partial charge in [-0.15, -0.1) is 0 Å². The third kappa shape index (κ3) is 1.82. The quantitative estimate of drug-likeness (QED) is 0.690. The van der Waals surface area contributed by atoms with Gasteiger partial charge in [0.2, 0.25) is 0 Å². The lowest BCUT2D eigenvalue weighted by Crippen LogP contribution is -2.63. The molecule has 1 aliphatic carbocycles. The molecule has 2 fully saturated rings. The Morgan fingerprint density at radius 1 is 1.29 bits per heavy atom. The zero-order valence-electron chi connectivity index (χ0n) is 9.68. The predicted molar refractivity (Wildman–Crippen MR) is 60.5 cm³/mol. The molecule has 2 rings (SSSR count). The molecule has 1 N–H and O–H groups in total. The lowest BCUT2D eigenvalue weighted by Gasteiger charge is -2.50. The summed E-state index contributed by atoms with van der Waals surface area (Å²) in [5.74, 6) is 0. The summed E-state index contributed by atoms with van der Waals surface area (Å²) in [7, 11) is 2.33. The second-order valence-corrected chi connectivity index (χ2v) is 5.15. The van der Waals surface area contributed by atoms with E-state index in [2.05, 4.69) is 24.2 Å². The van der Waals surface area contributed by atoms with E-state index in [1.165, 1.54) is 51.6 Å². The first-order valence-corrected chi connectivity index (χ1v) is 6.21. The molecule has 1 aliphatic heterocycles. The summed E-state index contributed by atoms with van der Waals surface area (Å²) in [6, 6.07) is 0.729. The first-order valence-electron chi connectivity index (χ1n) is 6.21. The number of rotatable bonds is 1. The van der Waals surface area contributed by atoms with Gasteiger partial charge >= 0.3 is 0 Å². The molecule has 0 aromatic carbocycles. The molecule has 0 aromatic rings. The van der Waals surface area contributed by atoms with Crippen molar-refractivity contribution < 1.29 is 0 Å². The van der Waals surface area contributed by atoms with Crippen LogP contribution in [-0.2, 0) is 0 Å². The van der Waals surface area contributed by atoms with Crippen molar-refractivity contribution in [2.24, 2.45) is 0 Å². The maximum Gasteiger partial charge on any atom is 0.0331 e. The molecule has 82 valence electrons. The van der Waals surface area contributed by atoms with E-state index in [1.807, 2.05) is 0 Å². The van der Waals surface area contributed by atoms with Crippen molar-refractivity contribution in [3.63, 3.8) is 0 Å². The monoisotopic (exact) mass is 196 g/mol. The highest BCUT2D eigenvalue weighted by molar-refractivity contribution is 4.98. The minimum atomic E-state index is 0.518. The van der Waals surface area contributed by atoms with Crippen LogP contribution in [0.2, 0.25) is 0 Å². The second-order valence-electron chi connectivity index (χ2n) is 5.15. The fourth-order valence-electron chi connectivity index (χ4n) is 3.10. The Kier molecular flexibility index (Phi) is 3.13. The Morgan fingerprint density at radius 2 is 2.00 bits per heavy atom. The Bertz CT molecular complexity index is 185. The van der Waals surface area contributed by atoms with E-state index < -0.39 is 0 Å². The second kappa shape index (κ2) is 4.19. The average molecular weight is 196 g/mol. The maximum absolute atomic E-state index is 3.72. The molecule has 1 heterocycles. The summed E-state index contributed by atoms with van der Waals surface area (Å²) in [5.41, 5.74) is 0.518. The molecule has 1 atom stereocenters. The number of hydrogen-bond acceptors (Lipinski definition) is 2. The van der Waals surface area contributed by atoms with Crippen LogP contribution in [0.5, 0.6) is 0 Å². The number of nitrogens with one attached hydrogen (secondary N) is 1. The number of hydrogen-bond donors (Lipinski definition) is 1. The van der Waals surface area contributed by atoms with E-state index in [1.54, 1.807) is 0 Å². The van der Waals surface area contributed by atoms with Crippen molar-refractivity contribution in [2.75, 3.05) is 20.1 Å². The van der Waals surface area contributed by atoms with Crippen LogP contribution in [0, 0.1) is 0 Å². The lowest BCUT2D eigenvalue weighted by atomic mass is 9.78. The summed E-state index contributed by atoms with van der Waals surface area (Å²) in [4.78, 5) is 2.64. The Morgan fingerprint density at radius 3 is 2.57 bits per heavy atom. The van der Waals surface area contributed by atoms with Crippen LogP contribution in [0.4, 0.5) is 0 Å². The Hall–Kier alpha value is -0.0800. The Balaban J connectivity index is 1.99. The molecule has 0 amide bonds. The van der Waals surface area contributed by atoms with E-state index in [9.17, 15) is 0 Å². The van der Waals surface area contributed by atoms with Gasteiger partial charge in [-0.25, -0.2) is 0 Å². The summed E-state index contributed by atoms with van der Waals surface area (Å²) in [5, 5.41) is 3.72. The fourth-order valence-corrected chi connectivity index (χ4v) is 3.10. The SMILES string of the molecule is CCC1CN(C)C2(CCCCC2)CN1. The number of piperazine rings is 1. The highest BCUT2D eigenvalue weighted by atomic mass is 15.3. The van der Waals surface area contributed by atoms with Gasteiger partial charge in [0.05, 0.1) is 0 Å². The topological polar surface area (TPSA) is 15.3 Å². The molecule has 1 saturated heterocycles. The highest BCUT2D eigenvalue weighted by Crippen LogP contribution is 2.34. The molecule has 1 unspecified atom stereocenters. The van der Waals surface area contributed by atoms with Gasteiger partial charge in [-0.05, 0) is 26.3 Å². The van der Waals surface area contributed by atoms with Crippen molar-refractivity contribution in [2.45, 2.75) is 57.0 Å². The van der Waals surface area contributed by atoms with Crippen LogP contribution in [-0.4, -0.2) is 36.6 Å². The molecular weight excluding hydrogens is 172 g/mol. The predicted octanol–water partition coefficient (Wildman–Crippen LogP) is 2.00. The zero-order valence-corrected chi connectivity index (χ0v) is 9.68. The van der Waals surface area contributed by atoms with Crippen LogP contribution >= 0.6 is 0 Å². The van der Waals surface area contributed by atoms with Crippen LogP contribution in [0.15, 0.2) is 0 Å². The molecule has 0 radical (unpaired) electrons. The third-order valence-corrected chi connectivity index (χ3v) is 4.30. The van der Waals surface area contributed by atoms with Gasteiger partial charge in [-0.2, -0.15) is 0 Å². The molecule has 1 saturated carbocycles. The fraction of sp³-hybridized carbons (Fsp3) is 1.00. The summed E-state index contributed by atoms with van der Waals surface area (Å²) < 4.78 is 0. The molecule has 0 aromatic heterocycles. The molecule has 1 spiro atoms. The molecule has 2 nitrogen and oxygen atoms in total. The Labute approximate surface area is 88.1 Å². The van der Waals surface area contributed by atoms with Crippen molar-refractivity contribution in [1.82, 2.24) is 10.2 Å². The van der Waals surface area contributed by atoms with E-state index >= 15 is 0 Å². The largest absolute Gasteiger partial charge is 0.311 e. The van der Waals surface area contributed by atoms with Crippen molar-refractivity contribution >= 4 is 0 Å². The summed E-state index contributed by atoms with van der Waals surface area (Å²) >= 11 is 0. The van der Waals surface area contributed by atoms with Gasteiger partial charge in [-0.3, -0.25) is 4.90 Å². The minimum Gasteiger partial charge on any atom is -0.311 e. The molecular formula is C12H24N2. The van der Waals surface area contributed by atoms with Gasteiger partial charge < -0.3 is 5.32 Å². The zero-order chi connectivity index (χ0) is 10.0. The number of nitrogens with zero attached hydrogens (tertiary/aromatic N) is 1. The van der Waals surface area contributed by atoms with Crippen molar-refractivity contribution in [3.05, 3.63) is 0 Å². The average Bonchev–Trinajstić information content (AvgIpc) is 2.24. The van der Waals surface area contributed by atoms with Crippen molar-refractivity contribution in [3.8, 4) is 0 Å². The molecule has 0 bridgehead atoms. The summed E-state index contributed by atoms with van der Waals surface area (Å²) in [6.07, 6.45) is 8.40. The van der Waals surface area contributed by atoms with Crippen LogP contribution < -0.4 is 5.32 Å². The van der Waals surface area contributed by atoms with Crippen LogP contribution in [0.1, 0.15) is 45.4 Å². The van der Waals surface area contributed by atoms with Crippen LogP contribution in [0.25, 0.3) is 0 Å². The molecule has 14 heavy (non-hydrogen) atoms. The smallest absolute Gasteiger partial charge is 0.0331 e. The standard InChI is InChI=1S/C12H24N2/c1-3-11-9-14(2)12(10-13-11)7-5-4-6-8-12/h11,13H,3-10H2,1-2H3. The van der Waals surface area contributed by atoms with E-state index in [0.29, 0.717) is 5.54 Å².